The predicted octanol–water partition coefficient (Wildman–Crippen LogP) is 2.04. The highest BCUT2D eigenvalue weighted by Gasteiger charge is 2.18. The third-order valence-electron chi connectivity index (χ3n) is 2.91. The second-order valence-corrected chi connectivity index (χ2v) is 4.82. The van der Waals surface area contributed by atoms with E-state index in [0.717, 1.165) is 0 Å². The van der Waals surface area contributed by atoms with Crippen LogP contribution in [0, 0.1) is 5.92 Å². The molecule has 7 heteroatoms. The highest BCUT2D eigenvalue weighted by Crippen LogP contribution is 2.21. The van der Waals surface area contributed by atoms with Crippen LogP contribution >= 0.6 is 24.0 Å². The predicted molar refractivity (Wildman–Crippen MR) is 83.5 cm³/mol. The molecule has 1 aromatic rings. The lowest BCUT2D eigenvalue weighted by Crippen LogP contribution is -2.34. The van der Waals surface area contributed by atoms with E-state index in [-0.39, 0.29) is 36.2 Å². The number of halogens is 2. The molecule has 0 radical (unpaired) electrons. The fourth-order valence-corrected chi connectivity index (χ4v) is 1.61. The van der Waals surface area contributed by atoms with E-state index in [0.29, 0.717) is 16.3 Å². The molecule has 0 aliphatic rings. The van der Waals surface area contributed by atoms with Crippen molar-refractivity contribution in [1.82, 2.24) is 5.32 Å². The molecule has 0 bridgehead atoms. The molecule has 0 saturated heterocycles. The van der Waals surface area contributed by atoms with Crippen LogP contribution in [0.2, 0.25) is 5.02 Å². The second-order valence-electron chi connectivity index (χ2n) is 4.41. The van der Waals surface area contributed by atoms with Crippen LogP contribution in [-0.4, -0.2) is 24.9 Å². The van der Waals surface area contributed by atoms with Gasteiger partial charge in [0, 0.05) is 18.8 Å². The van der Waals surface area contributed by atoms with Crippen molar-refractivity contribution < 1.29 is 9.59 Å². The van der Waals surface area contributed by atoms with Gasteiger partial charge in [0.05, 0.1) is 16.5 Å². The minimum Gasteiger partial charge on any atom is -0.355 e. The third-order valence-corrected chi connectivity index (χ3v) is 3.24. The van der Waals surface area contributed by atoms with E-state index < -0.39 is 0 Å². The van der Waals surface area contributed by atoms with Crippen LogP contribution in [0.5, 0.6) is 0 Å². The zero-order chi connectivity index (χ0) is 14.6. The number of nitrogens with two attached hydrogens (primary N) is 1. The first-order valence-electron chi connectivity index (χ1n) is 5.95. The molecule has 20 heavy (non-hydrogen) atoms. The van der Waals surface area contributed by atoms with E-state index in [1.165, 1.54) is 13.1 Å². The molecule has 0 heterocycles. The number of amides is 2. The summed E-state index contributed by atoms with van der Waals surface area (Å²) in [6.45, 7) is 3.51. The normalized spacial score (nSPS) is 12.8. The summed E-state index contributed by atoms with van der Waals surface area (Å²) >= 11 is 5.93. The smallest absolute Gasteiger partial charge is 0.252 e. The fourth-order valence-electron chi connectivity index (χ4n) is 1.41. The highest BCUT2D eigenvalue weighted by atomic mass is 35.5. The molecule has 0 aliphatic carbocycles. The summed E-state index contributed by atoms with van der Waals surface area (Å²) in [5.74, 6) is -0.819. The molecule has 4 N–H and O–H groups in total. The van der Waals surface area contributed by atoms with Crippen molar-refractivity contribution >= 4 is 41.5 Å². The van der Waals surface area contributed by atoms with E-state index >= 15 is 0 Å². The van der Waals surface area contributed by atoms with Crippen LogP contribution in [0.3, 0.4) is 0 Å². The zero-order valence-electron chi connectivity index (χ0n) is 11.6. The van der Waals surface area contributed by atoms with Gasteiger partial charge in [-0.3, -0.25) is 9.59 Å². The summed E-state index contributed by atoms with van der Waals surface area (Å²) in [7, 11) is 1.52. The number of carbonyl (C=O) groups excluding carboxylic acids is 2. The molecule has 0 aliphatic heterocycles. The first-order valence-corrected chi connectivity index (χ1v) is 6.32. The van der Waals surface area contributed by atoms with Crippen molar-refractivity contribution in [3.63, 3.8) is 0 Å². The Morgan fingerprint density at radius 2 is 1.90 bits per heavy atom. The van der Waals surface area contributed by atoms with Crippen LogP contribution in [-0.2, 0) is 4.79 Å². The van der Waals surface area contributed by atoms with Gasteiger partial charge in [-0.1, -0.05) is 18.5 Å². The Kier molecular flexibility index (Phi) is 7.57. The number of carbonyl (C=O) groups is 2. The number of rotatable bonds is 4. The van der Waals surface area contributed by atoms with Gasteiger partial charge in [0.25, 0.3) is 5.91 Å². The Labute approximate surface area is 129 Å². The maximum atomic E-state index is 11.9. The third kappa shape index (κ3) is 4.67. The molecule has 1 aromatic carbocycles. The van der Waals surface area contributed by atoms with Gasteiger partial charge in [0.1, 0.15) is 0 Å². The Balaban J connectivity index is 0.00000361. The average molecular weight is 320 g/mol. The summed E-state index contributed by atoms with van der Waals surface area (Å²) in [6, 6.07) is 4.50. The topological polar surface area (TPSA) is 84.2 Å². The number of benzene rings is 1. The Hall–Kier alpha value is -1.30. The van der Waals surface area contributed by atoms with E-state index in [1.54, 1.807) is 26.0 Å². The summed E-state index contributed by atoms with van der Waals surface area (Å²) < 4.78 is 0. The lowest BCUT2D eigenvalue weighted by atomic mass is 10.0. The minimum atomic E-state index is -0.320. The molecule has 0 spiro atoms. The Morgan fingerprint density at radius 1 is 1.30 bits per heavy atom. The average Bonchev–Trinajstić information content (AvgIpc) is 2.38. The molecular formula is C13H19Cl2N3O2. The van der Waals surface area contributed by atoms with Crippen molar-refractivity contribution in [2.45, 2.75) is 19.9 Å². The molecule has 0 aromatic heterocycles. The van der Waals surface area contributed by atoms with Crippen molar-refractivity contribution in [1.29, 1.82) is 0 Å². The minimum absolute atomic E-state index is 0. The maximum absolute atomic E-state index is 11.9. The molecule has 0 saturated carbocycles. The van der Waals surface area contributed by atoms with Crippen molar-refractivity contribution in [3.05, 3.63) is 28.8 Å². The van der Waals surface area contributed by atoms with Gasteiger partial charge >= 0.3 is 0 Å². The second kappa shape index (κ2) is 8.09. The number of nitrogens with one attached hydrogen (secondary N) is 2. The summed E-state index contributed by atoms with van der Waals surface area (Å²) in [6.07, 6.45) is 0. The largest absolute Gasteiger partial charge is 0.355 e. The maximum Gasteiger partial charge on any atom is 0.252 e. The molecule has 1 rings (SSSR count). The van der Waals surface area contributed by atoms with E-state index in [9.17, 15) is 9.59 Å². The molecule has 112 valence electrons. The number of hydrogen-bond donors (Lipinski definition) is 3. The van der Waals surface area contributed by atoms with Gasteiger partial charge < -0.3 is 16.4 Å². The highest BCUT2D eigenvalue weighted by molar-refractivity contribution is 6.34. The van der Waals surface area contributed by atoms with Crippen LogP contribution < -0.4 is 16.4 Å². The summed E-state index contributed by atoms with van der Waals surface area (Å²) in [4.78, 5) is 23.5. The number of anilines is 1. The van der Waals surface area contributed by atoms with E-state index in [1.807, 2.05) is 0 Å². The standard InChI is InChI=1S/C13H18ClN3O2.ClH/c1-7(8(2)15)12(18)17-9-4-5-11(14)10(6-9)13(19)16-3;/h4-8H,15H2,1-3H3,(H,16,19)(H,17,18);1H. The molecule has 2 unspecified atom stereocenters. The van der Waals surface area contributed by atoms with E-state index in [4.69, 9.17) is 17.3 Å². The Morgan fingerprint density at radius 3 is 2.40 bits per heavy atom. The molecule has 0 fully saturated rings. The molecular weight excluding hydrogens is 301 g/mol. The van der Waals surface area contributed by atoms with Gasteiger partial charge in [-0.2, -0.15) is 0 Å². The molecule has 2 atom stereocenters. The quantitative estimate of drug-likeness (QED) is 0.794. The zero-order valence-corrected chi connectivity index (χ0v) is 13.1. The lowest BCUT2D eigenvalue weighted by Gasteiger charge is -2.16. The SMILES string of the molecule is CNC(=O)c1cc(NC(=O)C(C)C(C)N)ccc1Cl.Cl. The van der Waals surface area contributed by atoms with Crippen molar-refractivity contribution in [2.75, 3.05) is 12.4 Å². The first-order chi connectivity index (χ1) is 8.86. The summed E-state index contributed by atoms with van der Waals surface area (Å²) in [5.41, 5.74) is 6.50. The van der Waals surface area contributed by atoms with Crippen molar-refractivity contribution in [2.24, 2.45) is 11.7 Å². The first kappa shape index (κ1) is 18.7. The van der Waals surface area contributed by atoms with Crippen molar-refractivity contribution in [3.8, 4) is 0 Å². The van der Waals surface area contributed by atoms with Gasteiger partial charge in [0.2, 0.25) is 5.91 Å². The number of hydrogen-bond acceptors (Lipinski definition) is 3. The van der Waals surface area contributed by atoms with Crippen LogP contribution in [0.1, 0.15) is 24.2 Å². The van der Waals surface area contributed by atoms with Gasteiger partial charge in [-0.05, 0) is 25.1 Å². The lowest BCUT2D eigenvalue weighted by molar-refractivity contribution is -0.119. The van der Waals surface area contributed by atoms with Crippen LogP contribution in [0.4, 0.5) is 5.69 Å². The molecule has 2 amide bonds. The molecule has 5 nitrogen and oxygen atoms in total. The van der Waals surface area contributed by atoms with E-state index in [2.05, 4.69) is 10.6 Å². The van der Waals surface area contributed by atoms with Gasteiger partial charge in [0.15, 0.2) is 0 Å². The monoisotopic (exact) mass is 319 g/mol. The van der Waals surface area contributed by atoms with Crippen LogP contribution in [0.25, 0.3) is 0 Å². The van der Waals surface area contributed by atoms with Gasteiger partial charge in [-0.25, -0.2) is 0 Å². The summed E-state index contributed by atoms with van der Waals surface area (Å²) in [5, 5.41) is 5.53. The van der Waals surface area contributed by atoms with Gasteiger partial charge in [-0.15, -0.1) is 12.4 Å². The Bertz CT molecular complexity index is 493. The fraction of sp³-hybridized carbons (Fsp3) is 0.385. The van der Waals surface area contributed by atoms with Crippen LogP contribution in [0.15, 0.2) is 18.2 Å².